The molecule has 24 heavy (non-hydrogen) atoms. The summed E-state index contributed by atoms with van der Waals surface area (Å²) in [5.74, 6) is 0.557. The van der Waals surface area contributed by atoms with Crippen molar-refractivity contribution < 1.29 is 4.79 Å². The van der Waals surface area contributed by atoms with E-state index in [2.05, 4.69) is 4.99 Å². The molecule has 0 aromatic heterocycles. The van der Waals surface area contributed by atoms with E-state index in [9.17, 15) is 4.79 Å². The van der Waals surface area contributed by atoms with Crippen LogP contribution in [0.25, 0.3) is 0 Å². The van der Waals surface area contributed by atoms with Crippen LogP contribution in [0.3, 0.4) is 0 Å². The number of benzene rings is 2. The Morgan fingerprint density at radius 1 is 0.958 bits per heavy atom. The van der Waals surface area contributed by atoms with Gasteiger partial charge in [-0.3, -0.25) is 9.79 Å². The maximum Gasteiger partial charge on any atom is 0.239 e. The summed E-state index contributed by atoms with van der Waals surface area (Å²) < 4.78 is 0. The van der Waals surface area contributed by atoms with Crippen molar-refractivity contribution in [2.24, 2.45) is 4.99 Å². The zero-order valence-electron chi connectivity index (χ0n) is 14.9. The number of hydrogen-bond acceptors (Lipinski definition) is 2. The predicted molar refractivity (Wildman–Crippen MR) is 100 cm³/mol. The summed E-state index contributed by atoms with van der Waals surface area (Å²) in [6.45, 7) is 6.09. The second-order valence-electron chi connectivity index (χ2n) is 6.14. The molecule has 0 fully saturated rings. The molecule has 0 unspecified atom stereocenters. The Labute approximate surface area is 145 Å². The third-order valence-electron chi connectivity index (χ3n) is 3.95. The van der Waals surface area contributed by atoms with Crippen molar-refractivity contribution in [1.29, 1.82) is 0 Å². The molecular formula is C21H26N2O. The highest BCUT2D eigenvalue weighted by Crippen LogP contribution is 2.26. The standard InChI is InChI=1S/C21H26N2O/c1-5-19(22-16(2)3)23(4)21(24)20(17-12-8-6-9-13-17)18-14-10-7-11-15-18/h6-16,20H,5H2,1-4H3. The van der Waals surface area contributed by atoms with Gasteiger partial charge < -0.3 is 4.90 Å². The van der Waals surface area contributed by atoms with Gasteiger partial charge >= 0.3 is 0 Å². The molecule has 126 valence electrons. The minimum atomic E-state index is -0.318. The van der Waals surface area contributed by atoms with Gasteiger partial charge in [-0.05, 0) is 25.0 Å². The lowest BCUT2D eigenvalue weighted by Crippen LogP contribution is -2.37. The van der Waals surface area contributed by atoms with E-state index < -0.39 is 0 Å². The molecule has 0 saturated carbocycles. The summed E-state index contributed by atoms with van der Waals surface area (Å²) in [5, 5.41) is 0. The third kappa shape index (κ3) is 4.31. The van der Waals surface area contributed by atoms with E-state index in [1.54, 1.807) is 4.90 Å². The quantitative estimate of drug-likeness (QED) is 0.589. The first kappa shape index (κ1) is 17.9. The van der Waals surface area contributed by atoms with Crippen LogP contribution in [0, 0.1) is 0 Å². The third-order valence-corrected chi connectivity index (χ3v) is 3.95. The first-order valence-electron chi connectivity index (χ1n) is 8.48. The lowest BCUT2D eigenvalue weighted by molar-refractivity contribution is -0.127. The number of aliphatic imine (C=N–C) groups is 1. The minimum absolute atomic E-state index is 0.0497. The largest absolute Gasteiger partial charge is 0.303 e. The van der Waals surface area contributed by atoms with Crippen molar-refractivity contribution in [2.75, 3.05) is 7.05 Å². The molecule has 0 N–H and O–H groups in total. The van der Waals surface area contributed by atoms with Gasteiger partial charge in [-0.1, -0.05) is 67.6 Å². The van der Waals surface area contributed by atoms with Crippen LogP contribution < -0.4 is 0 Å². The number of carbonyl (C=O) groups is 1. The van der Waals surface area contributed by atoms with Crippen LogP contribution >= 0.6 is 0 Å². The Morgan fingerprint density at radius 3 is 1.79 bits per heavy atom. The maximum absolute atomic E-state index is 13.3. The fraction of sp³-hybridized carbons (Fsp3) is 0.333. The number of likely N-dealkylation sites (N-methyl/N-ethyl adjacent to an activating group) is 1. The van der Waals surface area contributed by atoms with E-state index in [4.69, 9.17) is 0 Å². The van der Waals surface area contributed by atoms with Crippen molar-refractivity contribution in [1.82, 2.24) is 4.90 Å². The van der Waals surface area contributed by atoms with Gasteiger partial charge in [0, 0.05) is 19.5 Å². The minimum Gasteiger partial charge on any atom is -0.303 e. The van der Waals surface area contributed by atoms with Crippen LogP contribution in [-0.2, 0) is 4.79 Å². The van der Waals surface area contributed by atoms with Crippen LogP contribution in [0.1, 0.15) is 44.2 Å². The second-order valence-corrected chi connectivity index (χ2v) is 6.14. The van der Waals surface area contributed by atoms with Gasteiger partial charge in [0.1, 0.15) is 5.84 Å². The summed E-state index contributed by atoms with van der Waals surface area (Å²) in [6.07, 6.45) is 0.733. The fourth-order valence-electron chi connectivity index (χ4n) is 2.80. The molecule has 0 heterocycles. The molecule has 0 atom stereocenters. The van der Waals surface area contributed by atoms with Gasteiger partial charge in [-0.25, -0.2) is 0 Å². The van der Waals surface area contributed by atoms with Gasteiger partial charge in [0.25, 0.3) is 0 Å². The highest BCUT2D eigenvalue weighted by molar-refractivity contribution is 6.01. The Balaban J connectivity index is 2.42. The second kappa shape index (κ2) is 8.44. The Morgan fingerprint density at radius 2 is 1.42 bits per heavy atom. The molecule has 0 aliphatic carbocycles. The number of hydrogen-bond donors (Lipinski definition) is 0. The van der Waals surface area contributed by atoms with Crippen molar-refractivity contribution in [2.45, 2.75) is 39.2 Å². The fourth-order valence-corrected chi connectivity index (χ4v) is 2.80. The van der Waals surface area contributed by atoms with Gasteiger partial charge in [-0.15, -0.1) is 0 Å². The van der Waals surface area contributed by atoms with Gasteiger partial charge in [-0.2, -0.15) is 0 Å². The topological polar surface area (TPSA) is 32.7 Å². The van der Waals surface area contributed by atoms with E-state index in [0.717, 1.165) is 23.4 Å². The normalized spacial score (nSPS) is 11.8. The Hall–Kier alpha value is -2.42. The molecule has 3 nitrogen and oxygen atoms in total. The first-order valence-corrected chi connectivity index (χ1v) is 8.48. The molecular weight excluding hydrogens is 296 g/mol. The average Bonchev–Trinajstić information content (AvgIpc) is 2.61. The summed E-state index contributed by atoms with van der Waals surface area (Å²) in [4.78, 5) is 19.6. The van der Waals surface area contributed by atoms with Crippen LogP contribution in [0.5, 0.6) is 0 Å². The van der Waals surface area contributed by atoms with Gasteiger partial charge in [0.15, 0.2) is 0 Å². The highest BCUT2D eigenvalue weighted by Gasteiger charge is 2.27. The smallest absolute Gasteiger partial charge is 0.239 e. The average molecular weight is 322 g/mol. The zero-order chi connectivity index (χ0) is 17.5. The number of rotatable bonds is 5. The summed E-state index contributed by atoms with van der Waals surface area (Å²) >= 11 is 0. The molecule has 2 aromatic rings. The monoisotopic (exact) mass is 322 g/mol. The lowest BCUT2D eigenvalue weighted by atomic mass is 9.90. The van der Waals surface area contributed by atoms with Gasteiger partial charge in [0.2, 0.25) is 5.91 Å². The van der Waals surface area contributed by atoms with E-state index in [0.29, 0.717) is 0 Å². The molecule has 3 heteroatoms. The summed E-state index contributed by atoms with van der Waals surface area (Å²) in [7, 11) is 1.83. The predicted octanol–water partition coefficient (Wildman–Crippen LogP) is 4.49. The molecule has 0 saturated heterocycles. The van der Waals surface area contributed by atoms with Crippen LogP contribution in [0.4, 0.5) is 0 Å². The Kier molecular flexibility index (Phi) is 6.30. The highest BCUT2D eigenvalue weighted by atomic mass is 16.2. The Bertz CT molecular complexity index is 638. The summed E-state index contributed by atoms with van der Waals surface area (Å²) in [5.41, 5.74) is 2.00. The molecule has 2 rings (SSSR count). The van der Waals surface area contributed by atoms with Crippen LogP contribution in [0.2, 0.25) is 0 Å². The van der Waals surface area contributed by atoms with Gasteiger partial charge in [0.05, 0.1) is 5.92 Å². The molecule has 0 aliphatic rings. The molecule has 0 bridgehead atoms. The summed E-state index contributed by atoms with van der Waals surface area (Å²) in [6, 6.07) is 20.0. The number of amidine groups is 1. The lowest BCUT2D eigenvalue weighted by Gasteiger charge is -2.26. The maximum atomic E-state index is 13.3. The van der Waals surface area contributed by atoms with E-state index in [1.165, 1.54) is 0 Å². The van der Waals surface area contributed by atoms with Crippen LogP contribution in [0.15, 0.2) is 65.7 Å². The number of nitrogens with zero attached hydrogens (tertiary/aromatic N) is 2. The molecule has 1 amide bonds. The van der Waals surface area contributed by atoms with E-state index in [1.807, 2.05) is 88.5 Å². The van der Waals surface area contributed by atoms with Crippen molar-refractivity contribution >= 4 is 11.7 Å². The zero-order valence-corrected chi connectivity index (χ0v) is 14.9. The van der Waals surface area contributed by atoms with Crippen molar-refractivity contribution in [3.8, 4) is 0 Å². The van der Waals surface area contributed by atoms with Crippen molar-refractivity contribution in [3.05, 3.63) is 71.8 Å². The molecule has 2 aromatic carbocycles. The molecule has 0 radical (unpaired) electrons. The number of carbonyl (C=O) groups excluding carboxylic acids is 1. The SMILES string of the molecule is CCC(=NC(C)C)N(C)C(=O)C(c1ccccc1)c1ccccc1. The van der Waals surface area contributed by atoms with Crippen molar-refractivity contribution in [3.63, 3.8) is 0 Å². The van der Waals surface area contributed by atoms with E-state index in [-0.39, 0.29) is 17.9 Å². The van der Waals surface area contributed by atoms with Crippen LogP contribution in [-0.4, -0.2) is 29.7 Å². The first-order chi connectivity index (χ1) is 11.5. The van der Waals surface area contributed by atoms with E-state index >= 15 is 0 Å². The molecule has 0 spiro atoms. The molecule has 0 aliphatic heterocycles. The number of amides is 1.